The molecule has 2 N–H and O–H groups in total. The van der Waals surface area contributed by atoms with Crippen LogP contribution in [-0.2, 0) is 6.54 Å². The lowest BCUT2D eigenvalue weighted by atomic mass is 10.1. The first kappa shape index (κ1) is 16.0. The molecule has 0 amide bonds. The lowest BCUT2D eigenvalue weighted by Crippen LogP contribution is -2.15. The smallest absolute Gasteiger partial charge is 0.124 e. The van der Waals surface area contributed by atoms with Crippen molar-refractivity contribution in [3.05, 3.63) is 64.1 Å². The van der Waals surface area contributed by atoms with Gasteiger partial charge < -0.3 is 15.2 Å². The standard InChI is InChI=1S/C17H20BrNO2/c1-2-19-11-14-10-15(18)8-9-17(14)21-12-16(20)13-6-4-3-5-7-13/h3-10,16,19-20H,2,11-12H2,1H3. The van der Waals surface area contributed by atoms with Crippen molar-refractivity contribution in [1.82, 2.24) is 5.32 Å². The van der Waals surface area contributed by atoms with Gasteiger partial charge in [0.2, 0.25) is 0 Å². The van der Waals surface area contributed by atoms with Crippen LogP contribution in [0.2, 0.25) is 0 Å². The molecule has 0 fully saturated rings. The molecule has 0 aliphatic carbocycles. The van der Waals surface area contributed by atoms with Crippen LogP contribution in [0.3, 0.4) is 0 Å². The van der Waals surface area contributed by atoms with Gasteiger partial charge in [-0.15, -0.1) is 0 Å². The van der Waals surface area contributed by atoms with E-state index >= 15 is 0 Å². The first-order chi connectivity index (χ1) is 10.2. The molecular weight excluding hydrogens is 330 g/mol. The van der Waals surface area contributed by atoms with Crippen molar-refractivity contribution in [1.29, 1.82) is 0 Å². The Hall–Kier alpha value is -1.36. The number of aliphatic hydroxyl groups is 1. The van der Waals surface area contributed by atoms with E-state index in [1.165, 1.54) is 0 Å². The monoisotopic (exact) mass is 349 g/mol. The van der Waals surface area contributed by atoms with Crippen molar-refractivity contribution in [3.8, 4) is 5.75 Å². The lowest BCUT2D eigenvalue weighted by molar-refractivity contribution is 0.107. The topological polar surface area (TPSA) is 41.5 Å². The molecule has 0 aliphatic heterocycles. The van der Waals surface area contributed by atoms with Gasteiger partial charge in [-0.25, -0.2) is 0 Å². The average Bonchev–Trinajstić information content (AvgIpc) is 2.52. The Kier molecular flexibility index (Phi) is 6.23. The van der Waals surface area contributed by atoms with Crippen LogP contribution in [-0.4, -0.2) is 18.3 Å². The zero-order valence-corrected chi connectivity index (χ0v) is 13.6. The molecule has 0 spiro atoms. The summed E-state index contributed by atoms with van der Waals surface area (Å²) in [6.45, 7) is 3.95. The second-order valence-electron chi connectivity index (χ2n) is 4.77. The molecule has 0 bridgehead atoms. The number of aliphatic hydroxyl groups excluding tert-OH is 1. The number of halogens is 1. The predicted molar refractivity (Wildman–Crippen MR) is 88.4 cm³/mol. The zero-order valence-electron chi connectivity index (χ0n) is 12.1. The maximum absolute atomic E-state index is 10.2. The summed E-state index contributed by atoms with van der Waals surface area (Å²) in [6, 6.07) is 15.5. The molecule has 0 heterocycles. The fraction of sp³-hybridized carbons (Fsp3) is 0.294. The van der Waals surface area contributed by atoms with Gasteiger partial charge in [0, 0.05) is 16.6 Å². The predicted octanol–water partition coefficient (Wildman–Crippen LogP) is 3.67. The number of hydrogen-bond donors (Lipinski definition) is 2. The summed E-state index contributed by atoms with van der Waals surface area (Å²) >= 11 is 3.47. The van der Waals surface area contributed by atoms with E-state index in [-0.39, 0.29) is 6.61 Å². The van der Waals surface area contributed by atoms with Crippen LogP contribution in [0.4, 0.5) is 0 Å². The maximum Gasteiger partial charge on any atom is 0.124 e. The van der Waals surface area contributed by atoms with Gasteiger partial charge in [0.05, 0.1) is 0 Å². The molecule has 1 atom stereocenters. The number of rotatable bonds is 7. The van der Waals surface area contributed by atoms with E-state index in [0.29, 0.717) is 0 Å². The van der Waals surface area contributed by atoms with Gasteiger partial charge in [0.25, 0.3) is 0 Å². The minimum absolute atomic E-state index is 0.241. The minimum atomic E-state index is -0.623. The zero-order chi connectivity index (χ0) is 15.1. The highest BCUT2D eigenvalue weighted by Crippen LogP contribution is 2.24. The molecule has 0 aliphatic rings. The molecule has 0 aromatic heterocycles. The average molecular weight is 350 g/mol. The molecule has 2 aromatic carbocycles. The van der Waals surface area contributed by atoms with Crippen LogP contribution in [0.5, 0.6) is 5.75 Å². The van der Waals surface area contributed by atoms with Crippen molar-refractivity contribution in [2.45, 2.75) is 19.6 Å². The van der Waals surface area contributed by atoms with E-state index in [2.05, 4.69) is 28.2 Å². The number of ether oxygens (including phenoxy) is 1. The van der Waals surface area contributed by atoms with E-state index in [0.717, 1.165) is 34.4 Å². The molecule has 2 rings (SSSR count). The molecule has 0 saturated heterocycles. The Balaban J connectivity index is 2.02. The van der Waals surface area contributed by atoms with Crippen LogP contribution in [0, 0.1) is 0 Å². The molecule has 21 heavy (non-hydrogen) atoms. The Morgan fingerprint density at radius 3 is 2.67 bits per heavy atom. The van der Waals surface area contributed by atoms with E-state index in [1.54, 1.807) is 0 Å². The maximum atomic E-state index is 10.2. The highest BCUT2D eigenvalue weighted by molar-refractivity contribution is 9.10. The van der Waals surface area contributed by atoms with E-state index < -0.39 is 6.10 Å². The summed E-state index contributed by atoms with van der Waals surface area (Å²) in [6.07, 6.45) is -0.623. The number of benzene rings is 2. The third-order valence-corrected chi connectivity index (χ3v) is 3.66. The normalized spacial score (nSPS) is 12.1. The van der Waals surface area contributed by atoms with Gasteiger partial charge in [-0.2, -0.15) is 0 Å². The van der Waals surface area contributed by atoms with Crippen LogP contribution < -0.4 is 10.1 Å². The van der Waals surface area contributed by atoms with Crippen LogP contribution in [0.25, 0.3) is 0 Å². The molecule has 2 aromatic rings. The summed E-state index contributed by atoms with van der Waals surface area (Å²) in [5, 5.41) is 13.4. The molecular formula is C17H20BrNO2. The second-order valence-corrected chi connectivity index (χ2v) is 5.69. The summed E-state index contributed by atoms with van der Waals surface area (Å²) in [5.41, 5.74) is 1.94. The Bertz CT molecular complexity index is 560. The molecule has 0 saturated carbocycles. The summed E-state index contributed by atoms with van der Waals surface area (Å²) in [7, 11) is 0. The number of hydrogen-bond acceptors (Lipinski definition) is 3. The fourth-order valence-electron chi connectivity index (χ4n) is 2.03. The summed E-state index contributed by atoms with van der Waals surface area (Å²) < 4.78 is 6.81. The number of nitrogens with one attached hydrogen (secondary N) is 1. The SMILES string of the molecule is CCNCc1cc(Br)ccc1OCC(O)c1ccccc1. The third kappa shape index (κ3) is 4.84. The third-order valence-electron chi connectivity index (χ3n) is 3.17. The van der Waals surface area contributed by atoms with E-state index in [1.807, 2.05) is 48.5 Å². The fourth-order valence-corrected chi connectivity index (χ4v) is 2.44. The van der Waals surface area contributed by atoms with Crippen molar-refractivity contribution in [2.24, 2.45) is 0 Å². The first-order valence-corrected chi connectivity index (χ1v) is 7.85. The van der Waals surface area contributed by atoms with Gasteiger partial charge in [0.1, 0.15) is 18.5 Å². The molecule has 112 valence electrons. The quantitative estimate of drug-likeness (QED) is 0.801. The molecule has 0 radical (unpaired) electrons. The van der Waals surface area contributed by atoms with Gasteiger partial charge >= 0.3 is 0 Å². The van der Waals surface area contributed by atoms with Crippen LogP contribution in [0.15, 0.2) is 53.0 Å². The van der Waals surface area contributed by atoms with Crippen molar-refractivity contribution in [3.63, 3.8) is 0 Å². The lowest BCUT2D eigenvalue weighted by Gasteiger charge is -2.16. The highest BCUT2D eigenvalue weighted by Gasteiger charge is 2.10. The molecule has 4 heteroatoms. The Morgan fingerprint density at radius 2 is 1.95 bits per heavy atom. The van der Waals surface area contributed by atoms with E-state index in [4.69, 9.17) is 4.74 Å². The summed E-state index contributed by atoms with van der Waals surface area (Å²) in [4.78, 5) is 0. The van der Waals surface area contributed by atoms with Gasteiger partial charge in [0.15, 0.2) is 0 Å². The van der Waals surface area contributed by atoms with Crippen LogP contribution >= 0.6 is 15.9 Å². The first-order valence-electron chi connectivity index (χ1n) is 7.05. The van der Waals surface area contributed by atoms with Crippen molar-refractivity contribution < 1.29 is 9.84 Å². The molecule has 3 nitrogen and oxygen atoms in total. The van der Waals surface area contributed by atoms with Crippen LogP contribution in [0.1, 0.15) is 24.2 Å². The summed E-state index contributed by atoms with van der Waals surface area (Å²) in [5.74, 6) is 0.800. The van der Waals surface area contributed by atoms with Gasteiger partial charge in [-0.1, -0.05) is 53.2 Å². The van der Waals surface area contributed by atoms with Crippen molar-refractivity contribution in [2.75, 3.05) is 13.2 Å². The van der Waals surface area contributed by atoms with Gasteiger partial charge in [-0.05, 0) is 30.3 Å². The minimum Gasteiger partial charge on any atom is -0.490 e. The Morgan fingerprint density at radius 1 is 1.19 bits per heavy atom. The van der Waals surface area contributed by atoms with Gasteiger partial charge in [-0.3, -0.25) is 0 Å². The van der Waals surface area contributed by atoms with Crippen molar-refractivity contribution >= 4 is 15.9 Å². The highest BCUT2D eigenvalue weighted by atomic mass is 79.9. The Labute approximate surface area is 134 Å². The second kappa shape index (κ2) is 8.17. The largest absolute Gasteiger partial charge is 0.490 e. The molecule has 1 unspecified atom stereocenters. The van der Waals surface area contributed by atoms with E-state index in [9.17, 15) is 5.11 Å².